The molecular weight excluding hydrogens is 266 g/mol. The largest absolute Gasteiger partial charge is 0.495 e. The maximum absolute atomic E-state index is 11.1. The summed E-state index contributed by atoms with van der Waals surface area (Å²) in [6, 6.07) is 7.81. The monoisotopic (exact) mass is 283 g/mol. The smallest absolute Gasteiger partial charge is 0.307 e. The highest BCUT2D eigenvalue weighted by atomic mass is 16.5. The maximum atomic E-state index is 11.1. The minimum atomic E-state index is -0.794. The zero-order valence-corrected chi connectivity index (χ0v) is 11.9. The molecule has 1 aromatic heterocycles. The molecule has 21 heavy (non-hydrogen) atoms. The fourth-order valence-electron chi connectivity index (χ4n) is 2.71. The molecule has 0 saturated heterocycles. The molecule has 4 nitrogen and oxygen atoms in total. The Hall–Kier alpha value is -2.36. The first-order valence-corrected chi connectivity index (χ1v) is 7.02. The van der Waals surface area contributed by atoms with Crippen LogP contribution in [-0.2, 0) is 11.2 Å². The lowest BCUT2D eigenvalue weighted by Crippen LogP contribution is -2.04. The molecule has 1 aliphatic carbocycles. The SMILES string of the molecule is COc1cncc(-c2cccc(CC(=O)O)c2C2CC2)c1. The van der Waals surface area contributed by atoms with Crippen molar-refractivity contribution in [3.8, 4) is 16.9 Å². The molecule has 2 aromatic rings. The molecule has 1 aliphatic rings. The molecule has 3 rings (SSSR count). The Labute approximate surface area is 123 Å². The number of carboxylic acid groups (broad SMARTS) is 1. The summed E-state index contributed by atoms with van der Waals surface area (Å²) in [4.78, 5) is 15.3. The Balaban J connectivity index is 2.10. The second kappa shape index (κ2) is 5.56. The summed E-state index contributed by atoms with van der Waals surface area (Å²) < 4.78 is 5.23. The van der Waals surface area contributed by atoms with Crippen molar-refractivity contribution in [2.75, 3.05) is 7.11 Å². The zero-order chi connectivity index (χ0) is 14.8. The Bertz CT molecular complexity index is 677. The summed E-state index contributed by atoms with van der Waals surface area (Å²) in [6.07, 6.45) is 5.79. The first-order valence-electron chi connectivity index (χ1n) is 7.02. The minimum Gasteiger partial charge on any atom is -0.495 e. The van der Waals surface area contributed by atoms with Gasteiger partial charge in [-0.2, -0.15) is 0 Å². The normalized spacial score (nSPS) is 14.0. The van der Waals surface area contributed by atoms with Gasteiger partial charge in [-0.05, 0) is 41.5 Å². The number of methoxy groups -OCH3 is 1. The number of carboxylic acids is 1. The molecule has 4 heteroatoms. The Morgan fingerprint density at radius 1 is 1.38 bits per heavy atom. The summed E-state index contributed by atoms with van der Waals surface area (Å²) in [6.45, 7) is 0. The Morgan fingerprint density at radius 3 is 2.86 bits per heavy atom. The van der Waals surface area contributed by atoms with Crippen molar-refractivity contribution >= 4 is 5.97 Å². The van der Waals surface area contributed by atoms with Crippen molar-refractivity contribution in [3.05, 3.63) is 47.8 Å². The fraction of sp³-hybridized carbons (Fsp3) is 0.294. The average molecular weight is 283 g/mol. The van der Waals surface area contributed by atoms with Gasteiger partial charge in [0.2, 0.25) is 0 Å². The zero-order valence-electron chi connectivity index (χ0n) is 11.9. The van der Waals surface area contributed by atoms with Crippen molar-refractivity contribution in [1.82, 2.24) is 4.98 Å². The van der Waals surface area contributed by atoms with Crippen LogP contribution in [0.3, 0.4) is 0 Å². The van der Waals surface area contributed by atoms with E-state index in [2.05, 4.69) is 4.98 Å². The lowest BCUT2D eigenvalue weighted by molar-refractivity contribution is -0.136. The predicted octanol–water partition coefficient (Wildman–Crippen LogP) is 3.26. The van der Waals surface area contributed by atoms with E-state index in [1.165, 1.54) is 0 Å². The van der Waals surface area contributed by atoms with Crippen molar-refractivity contribution < 1.29 is 14.6 Å². The Morgan fingerprint density at radius 2 is 2.19 bits per heavy atom. The standard InChI is InChI=1S/C17H17NO3/c1-21-14-7-13(9-18-10-14)15-4-2-3-12(8-16(19)20)17(15)11-5-6-11/h2-4,7,9-11H,5-6,8H2,1H3,(H,19,20). The van der Waals surface area contributed by atoms with Crippen molar-refractivity contribution in [3.63, 3.8) is 0 Å². The number of hydrogen-bond acceptors (Lipinski definition) is 3. The lowest BCUT2D eigenvalue weighted by Gasteiger charge is -2.14. The average Bonchev–Trinajstić information content (AvgIpc) is 3.31. The molecule has 1 fully saturated rings. The maximum Gasteiger partial charge on any atom is 0.307 e. The third-order valence-electron chi connectivity index (χ3n) is 3.78. The summed E-state index contributed by atoms with van der Waals surface area (Å²) in [5.41, 5.74) is 4.12. The van der Waals surface area contributed by atoms with Crippen LogP contribution < -0.4 is 4.74 Å². The van der Waals surface area contributed by atoms with E-state index in [1.54, 1.807) is 19.5 Å². The number of aromatic nitrogens is 1. The highest BCUT2D eigenvalue weighted by Crippen LogP contribution is 2.46. The van der Waals surface area contributed by atoms with Crippen LogP contribution in [0.15, 0.2) is 36.7 Å². The number of pyridine rings is 1. The molecule has 0 bridgehead atoms. The molecule has 108 valence electrons. The van der Waals surface area contributed by atoms with Gasteiger partial charge in [0.25, 0.3) is 0 Å². The minimum absolute atomic E-state index is 0.0665. The first-order chi connectivity index (χ1) is 10.2. The van der Waals surface area contributed by atoms with Gasteiger partial charge in [0.05, 0.1) is 19.7 Å². The molecular formula is C17H17NO3. The van der Waals surface area contributed by atoms with E-state index in [4.69, 9.17) is 9.84 Å². The van der Waals surface area contributed by atoms with E-state index in [9.17, 15) is 4.79 Å². The van der Waals surface area contributed by atoms with Crippen LogP contribution in [0.2, 0.25) is 0 Å². The number of aliphatic carboxylic acids is 1. The summed E-state index contributed by atoms with van der Waals surface area (Å²) in [7, 11) is 1.61. The Kier molecular flexibility index (Phi) is 3.60. The second-order valence-corrected chi connectivity index (χ2v) is 5.34. The summed E-state index contributed by atoms with van der Waals surface area (Å²) in [5, 5.41) is 9.10. The van der Waals surface area contributed by atoms with Crippen LogP contribution >= 0.6 is 0 Å². The predicted molar refractivity (Wildman–Crippen MR) is 79.5 cm³/mol. The third-order valence-corrected chi connectivity index (χ3v) is 3.78. The molecule has 1 saturated carbocycles. The van der Waals surface area contributed by atoms with Gasteiger partial charge in [0, 0.05) is 11.8 Å². The van der Waals surface area contributed by atoms with Gasteiger partial charge in [0.1, 0.15) is 5.75 Å². The number of nitrogens with zero attached hydrogens (tertiary/aromatic N) is 1. The van der Waals surface area contributed by atoms with E-state index in [0.29, 0.717) is 11.7 Å². The van der Waals surface area contributed by atoms with E-state index in [1.807, 2.05) is 24.3 Å². The van der Waals surface area contributed by atoms with Crippen molar-refractivity contribution in [1.29, 1.82) is 0 Å². The number of rotatable bonds is 5. The molecule has 0 amide bonds. The van der Waals surface area contributed by atoms with Crippen molar-refractivity contribution in [2.45, 2.75) is 25.2 Å². The molecule has 1 heterocycles. The fourth-order valence-corrected chi connectivity index (χ4v) is 2.71. The molecule has 0 spiro atoms. The van der Waals surface area contributed by atoms with Gasteiger partial charge in [-0.25, -0.2) is 0 Å². The van der Waals surface area contributed by atoms with Gasteiger partial charge in [-0.1, -0.05) is 18.2 Å². The lowest BCUT2D eigenvalue weighted by atomic mass is 9.91. The van der Waals surface area contributed by atoms with E-state index in [-0.39, 0.29) is 6.42 Å². The topological polar surface area (TPSA) is 59.4 Å². The van der Waals surface area contributed by atoms with Gasteiger partial charge < -0.3 is 9.84 Å². The van der Waals surface area contributed by atoms with Crippen LogP contribution in [0.4, 0.5) is 0 Å². The third kappa shape index (κ3) is 2.89. The molecule has 1 N–H and O–H groups in total. The highest BCUT2D eigenvalue weighted by Gasteiger charge is 2.29. The van der Waals surface area contributed by atoms with Crippen LogP contribution in [-0.4, -0.2) is 23.2 Å². The molecule has 0 aliphatic heterocycles. The highest BCUT2D eigenvalue weighted by molar-refractivity contribution is 5.75. The molecule has 0 unspecified atom stereocenters. The number of benzene rings is 1. The quantitative estimate of drug-likeness (QED) is 0.915. The second-order valence-electron chi connectivity index (χ2n) is 5.34. The van der Waals surface area contributed by atoms with Crippen LogP contribution in [0.1, 0.15) is 29.9 Å². The van der Waals surface area contributed by atoms with Gasteiger partial charge in [0.15, 0.2) is 0 Å². The molecule has 1 aromatic carbocycles. The van der Waals surface area contributed by atoms with Crippen LogP contribution in [0, 0.1) is 0 Å². The van der Waals surface area contributed by atoms with Crippen molar-refractivity contribution in [2.24, 2.45) is 0 Å². The van der Waals surface area contributed by atoms with Gasteiger partial charge >= 0.3 is 5.97 Å². The number of carbonyl (C=O) groups is 1. The number of hydrogen-bond donors (Lipinski definition) is 1. The molecule has 0 radical (unpaired) electrons. The van der Waals surface area contributed by atoms with Gasteiger partial charge in [-0.15, -0.1) is 0 Å². The van der Waals surface area contributed by atoms with Crippen LogP contribution in [0.5, 0.6) is 5.75 Å². The van der Waals surface area contributed by atoms with Gasteiger partial charge in [-0.3, -0.25) is 9.78 Å². The molecule has 0 atom stereocenters. The van der Waals surface area contributed by atoms with Crippen LogP contribution in [0.25, 0.3) is 11.1 Å². The van der Waals surface area contributed by atoms with E-state index >= 15 is 0 Å². The number of ether oxygens (including phenoxy) is 1. The van der Waals surface area contributed by atoms with E-state index < -0.39 is 5.97 Å². The summed E-state index contributed by atoms with van der Waals surface area (Å²) >= 11 is 0. The summed E-state index contributed by atoms with van der Waals surface area (Å²) in [5.74, 6) is 0.387. The first kappa shape index (κ1) is 13.6. The van der Waals surface area contributed by atoms with E-state index in [0.717, 1.165) is 35.1 Å².